The molecule has 0 spiro atoms. The van der Waals surface area contributed by atoms with Crippen molar-refractivity contribution in [3.63, 3.8) is 0 Å². The fraction of sp³-hybridized carbons (Fsp3) is 0.400. The van der Waals surface area contributed by atoms with Gasteiger partial charge in [-0.15, -0.1) is 0 Å². The van der Waals surface area contributed by atoms with Crippen LogP contribution in [-0.2, 0) is 20.9 Å². The minimum absolute atomic E-state index is 0.236. The zero-order valence-electron chi connectivity index (χ0n) is 8.74. The van der Waals surface area contributed by atoms with Crippen molar-refractivity contribution in [1.29, 1.82) is 0 Å². The Bertz CT molecular complexity index is 384. The van der Waals surface area contributed by atoms with Gasteiger partial charge in [-0.25, -0.2) is 4.79 Å². The van der Waals surface area contributed by atoms with Crippen LogP contribution in [0.25, 0.3) is 0 Å². The molecule has 0 aromatic carbocycles. The smallest absolute Gasteiger partial charge is 0.386 e. The quantitative estimate of drug-likeness (QED) is 0.604. The van der Waals surface area contributed by atoms with E-state index in [1.165, 1.54) is 0 Å². The third-order valence-corrected chi connectivity index (χ3v) is 1.90. The Kier molecular flexibility index (Phi) is 4.30. The van der Waals surface area contributed by atoms with E-state index in [1.54, 1.807) is 29.1 Å². The second-order valence-corrected chi connectivity index (χ2v) is 3.28. The minimum Gasteiger partial charge on any atom is -0.386 e. The molecule has 0 radical (unpaired) electrons. The minimum atomic E-state index is -5.13. The lowest BCUT2D eigenvalue weighted by molar-refractivity contribution is -0.201. The number of aryl methyl sites for hydroxylation is 1. The summed E-state index contributed by atoms with van der Waals surface area (Å²) < 4.78 is 40.6. The number of ether oxygens (including phenoxy) is 1. The van der Waals surface area contributed by atoms with E-state index < -0.39 is 18.1 Å². The molecule has 0 unspecified atom stereocenters. The first-order valence-corrected chi connectivity index (χ1v) is 4.82. The lowest BCUT2D eigenvalue weighted by atomic mass is 10.3. The molecular formula is C10H10F3NO3. The Morgan fingerprint density at radius 3 is 2.29 bits per heavy atom. The summed E-state index contributed by atoms with van der Waals surface area (Å²) in [6.45, 7) is 0.475. The van der Waals surface area contributed by atoms with Gasteiger partial charge in [0, 0.05) is 25.4 Å². The summed E-state index contributed by atoms with van der Waals surface area (Å²) in [6.07, 6.45) is -1.55. The normalized spacial score (nSPS) is 11.2. The first-order chi connectivity index (χ1) is 7.89. The Morgan fingerprint density at radius 2 is 1.76 bits per heavy atom. The summed E-state index contributed by atoms with van der Waals surface area (Å²) in [4.78, 5) is 21.2. The van der Waals surface area contributed by atoms with E-state index in [9.17, 15) is 22.8 Å². The van der Waals surface area contributed by atoms with Crippen LogP contribution in [0.4, 0.5) is 13.2 Å². The molecule has 7 heteroatoms. The standard InChI is InChI=1S/C10H10F3NO3/c11-10(12,13)9(16)17-8(15)4-3-7-14-5-1-2-6-14/h1-2,5-6H,3-4,7H2. The number of aromatic nitrogens is 1. The maximum atomic E-state index is 11.7. The molecule has 1 aromatic rings. The third kappa shape index (κ3) is 4.71. The molecule has 0 saturated heterocycles. The summed E-state index contributed by atoms with van der Waals surface area (Å²) in [5, 5.41) is 0. The zero-order valence-corrected chi connectivity index (χ0v) is 8.74. The van der Waals surface area contributed by atoms with Crippen LogP contribution in [0.2, 0.25) is 0 Å². The van der Waals surface area contributed by atoms with Crippen molar-refractivity contribution in [3.05, 3.63) is 24.5 Å². The van der Waals surface area contributed by atoms with E-state index in [4.69, 9.17) is 0 Å². The summed E-state index contributed by atoms with van der Waals surface area (Å²) in [5.74, 6) is -3.64. The van der Waals surface area contributed by atoms with Gasteiger partial charge in [0.15, 0.2) is 0 Å². The number of esters is 2. The van der Waals surface area contributed by atoms with Crippen LogP contribution < -0.4 is 0 Å². The first-order valence-electron chi connectivity index (χ1n) is 4.82. The summed E-state index contributed by atoms with van der Waals surface area (Å²) in [5.41, 5.74) is 0. The van der Waals surface area contributed by atoms with Crippen molar-refractivity contribution in [3.8, 4) is 0 Å². The lowest BCUT2D eigenvalue weighted by Gasteiger charge is -2.05. The molecule has 0 aliphatic heterocycles. The highest BCUT2D eigenvalue weighted by molar-refractivity contribution is 5.88. The topological polar surface area (TPSA) is 48.3 Å². The number of hydrogen-bond acceptors (Lipinski definition) is 3. The Labute approximate surface area is 95.0 Å². The molecule has 1 heterocycles. The molecule has 94 valence electrons. The average Bonchev–Trinajstić information content (AvgIpc) is 2.69. The molecule has 0 aliphatic rings. The van der Waals surface area contributed by atoms with Crippen LogP contribution in [0.1, 0.15) is 12.8 Å². The van der Waals surface area contributed by atoms with Crippen LogP contribution >= 0.6 is 0 Å². The Balaban J connectivity index is 2.24. The van der Waals surface area contributed by atoms with Gasteiger partial charge < -0.3 is 9.30 Å². The number of alkyl halides is 3. The summed E-state index contributed by atoms with van der Waals surface area (Å²) in [7, 11) is 0. The van der Waals surface area contributed by atoms with Crippen LogP contribution in [0, 0.1) is 0 Å². The summed E-state index contributed by atoms with van der Waals surface area (Å²) >= 11 is 0. The van der Waals surface area contributed by atoms with Crippen molar-refractivity contribution < 1.29 is 27.5 Å². The van der Waals surface area contributed by atoms with E-state index in [2.05, 4.69) is 4.74 Å². The Hall–Kier alpha value is -1.79. The number of rotatable bonds is 4. The molecule has 1 aromatic heterocycles. The molecule has 1 rings (SSSR count). The van der Waals surface area contributed by atoms with Crippen molar-refractivity contribution in [2.24, 2.45) is 0 Å². The van der Waals surface area contributed by atoms with Gasteiger partial charge in [0.05, 0.1) is 0 Å². The van der Waals surface area contributed by atoms with E-state index in [0.717, 1.165) is 0 Å². The molecule has 0 fully saturated rings. The second kappa shape index (κ2) is 5.51. The molecule has 17 heavy (non-hydrogen) atoms. The zero-order chi connectivity index (χ0) is 12.9. The molecule has 0 atom stereocenters. The monoisotopic (exact) mass is 249 g/mol. The van der Waals surface area contributed by atoms with Gasteiger partial charge in [0.25, 0.3) is 0 Å². The molecule has 0 N–H and O–H groups in total. The Morgan fingerprint density at radius 1 is 1.18 bits per heavy atom. The molecule has 0 aliphatic carbocycles. The molecule has 4 nitrogen and oxygen atoms in total. The van der Waals surface area contributed by atoms with Crippen molar-refractivity contribution in [1.82, 2.24) is 4.57 Å². The van der Waals surface area contributed by atoms with Crippen molar-refractivity contribution in [2.75, 3.05) is 0 Å². The van der Waals surface area contributed by atoms with Gasteiger partial charge in [-0.2, -0.15) is 13.2 Å². The van der Waals surface area contributed by atoms with Gasteiger partial charge in [0.2, 0.25) is 0 Å². The summed E-state index contributed by atoms with van der Waals surface area (Å²) in [6, 6.07) is 3.57. The van der Waals surface area contributed by atoms with E-state index in [1.807, 2.05) is 0 Å². The maximum Gasteiger partial charge on any atom is 0.491 e. The van der Waals surface area contributed by atoms with E-state index in [0.29, 0.717) is 13.0 Å². The predicted octanol–water partition coefficient (Wildman–Crippen LogP) is 1.90. The highest BCUT2D eigenvalue weighted by Crippen LogP contribution is 2.16. The fourth-order valence-electron chi connectivity index (χ4n) is 1.14. The van der Waals surface area contributed by atoms with Crippen LogP contribution in [-0.4, -0.2) is 22.7 Å². The van der Waals surface area contributed by atoms with E-state index >= 15 is 0 Å². The highest BCUT2D eigenvalue weighted by atomic mass is 19.4. The van der Waals surface area contributed by atoms with Gasteiger partial charge in [0.1, 0.15) is 0 Å². The van der Waals surface area contributed by atoms with Crippen molar-refractivity contribution >= 4 is 11.9 Å². The number of hydrogen-bond donors (Lipinski definition) is 0. The van der Waals surface area contributed by atoms with Crippen LogP contribution in [0.5, 0.6) is 0 Å². The second-order valence-electron chi connectivity index (χ2n) is 3.28. The van der Waals surface area contributed by atoms with Gasteiger partial charge in [-0.1, -0.05) is 0 Å². The SMILES string of the molecule is O=C(CCCn1cccc1)OC(=O)C(F)(F)F. The van der Waals surface area contributed by atoms with Gasteiger partial charge in [-0.05, 0) is 18.6 Å². The fourth-order valence-corrected chi connectivity index (χ4v) is 1.14. The number of nitrogens with zero attached hydrogens (tertiary/aromatic N) is 1. The number of carbonyl (C=O) groups excluding carboxylic acids is 2. The molecule has 0 saturated carbocycles. The third-order valence-electron chi connectivity index (χ3n) is 1.90. The average molecular weight is 249 g/mol. The largest absolute Gasteiger partial charge is 0.491 e. The molecule has 0 amide bonds. The molecular weight excluding hydrogens is 239 g/mol. The van der Waals surface area contributed by atoms with Crippen molar-refractivity contribution in [2.45, 2.75) is 25.6 Å². The maximum absolute atomic E-state index is 11.7. The van der Waals surface area contributed by atoms with Gasteiger partial charge in [-0.3, -0.25) is 4.79 Å². The van der Waals surface area contributed by atoms with Gasteiger partial charge >= 0.3 is 18.1 Å². The number of halogens is 3. The highest BCUT2D eigenvalue weighted by Gasteiger charge is 2.42. The number of carbonyl (C=O) groups is 2. The van der Waals surface area contributed by atoms with Crippen LogP contribution in [0.15, 0.2) is 24.5 Å². The predicted molar refractivity (Wildman–Crippen MR) is 50.8 cm³/mol. The van der Waals surface area contributed by atoms with Crippen LogP contribution in [0.3, 0.4) is 0 Å². The lowest BCUT2D eigenvalue weighted by Crippen LogP contribution is -2.28. The van der Waals surface area contributed by atoms with E-state index in [-0.39, 0.29) is 6.42 Å². The first kappa shape index (κ1) is 13.3. The molecule has 0 bridgehead atoms.